The Morgan fingerprint density at radius 3 is 2.74 bits per heavy atom. The topological polar surface area (TPSA) is 81.1 Å². The molecule has 0 aliphatic heterocycles. The number of anilines is 1. The molecule has 2 rings (SSSR count). The number of aromatic nitrogens is 3. The molecule has 0 aliphatic carbocycles. The van der Waals surface area contributed by atoms with E-state index in [1.807, 2.05) is 52.0 Å². The van der Waals surface area contributed by atoms with E-state index in [0.29, 0.717) is 6.54 Å². The summed E-state index contributed by atoms with van der Waals surface area (Å²) >= 11 is 0. The first-order chi connectivity index (χ1) is 10.8. The Hall–Kier alpha value is -2.57. The molecule has 1 aromatic heterocycles. The average Bonchev–Trinajstić information content (AvgIpc) is 2.98. The molecule has 1 amide bonds. The minimum atomic E-state index is -0.500. The number of para-hydroxylation sites is 2. The second kappa shape index (κ2) is 7.13. The molecule has 1 aromatic carbocycles. The number of carbonyl (C=O) groups is 1. The van der Waals surface area contributed by atoms with Crippen LogP contribution >= 0.6 is 0 Å². The van der Waals surface area contributed by atoms with Crippen molar-refractivity contribution < 1.29 is 9.53 Å². The SMILES string of the molecule is CC(CNC(=O)OC(C)(C)C)Nc1ccccc1-n1ccnn1. The maximum absolute atomic E-state index is 11.7. The third-order valence-electron chi connectivity index (χ3n) is 2.93. The lowest BCUT2D eigenvalue weighted by atomic mass is 10.2. The Morgan fingerprint density at radius 2 is 2.09 bits per heavy atom. The fourth-order valence-electron chi connectivity index (χ4n) is 2.00. The zero-order chi connectivity index (χ0) is 16.9. The second-order valence-corrected chi connectivity index (χ2v) is 6.29. The number of amides is 1. The average molecular weight is 317 g/mol. The van der Waals surface area contributed by atoms with Crippen molar-refractivity contribution in [1.82, 2.24) is 20.3 Å². The number of hydrogen-bond donors (Lipinski definition) is 2. The predicted molar refractivity (Wildman–Crippen MR) is 88.7 cm³/mol. The molecule has 0 aliphatic rings. The molecule has 0 saturated carbocycles. The van der Waals surface area contributed by atoms with Crippen LogP contribution in [0.3, 0.4) is 0 Å². The first kappa shape index (κ1) is 16.8. The zero-order valence-electron chi connectivity index (χ0n) is 13.9. The molecule has 2 N–H and O–H groups in total. The third-order valence-corrected chi connectivity index (χ3v) is 2.93. The highest BCUT2D eigenvalue weighted by molar-refractivity contribution is 5.68. The quantitative estimate of drug-likeness (QED) is 0.886. The number of ether oxygens (including phenoxy) is 1. The van der Waals surface area contributed by atoms with Crippen molar-refractivity contribution in [2.75, 3.05) is 11.9 Å². The van der Waals surface area contributed by atoms with Crippen LogP contribution in [0.5, 0.6) is 0 Å². The van der Waals surface area contributed by atoms with Crippen molar-refractivity contribution in [3.8, 4) is 5.69 Å². The molecular weight excluding hydrogens is 294 g/mol. The van der Waals surface area contributed by atoms with E-state index in [1.54, 1.807) is 17.1 Å². The molecule has 7 heteroatoms. The van der Waals surface area contributed by atoms with Gasteiger partial charge in [-0.3, -0.25) is 0 Å². The van der Waals surface area contributed by atoms with Crippen molar-refractivity contribution >= 4 is 11.8 Å². The van der Waals surface area contributed by atoms with Gasteiger partial charge in [0, 0.05) is 12.6 Å². The monoisotopic (exact) mass is 317 g/mol. The first-order valence-corrected chi connectivity index (χ1v) is 7.54. The maximum Gasteiger partial charge on any atom is 0.407 e. The van der Waals surface area contributed by atoms with Gasteiger partial charge in [-0.15, -0.1) is 5.10 Å². The van der Waals surface area contributed by atoms with Crippen LogP contribution in [0.4, 0.5) is 10.5 Å². The van der Waals surface area contributed by atoms with Gasteiger partial charge in [0.2, 0.25) is 0 Å². The number of carbonyl (C=O) groups excluding carboxylic acids is 1. The molecule has 0 fully saturated rings. The summed E-state index contributed by atoms with van der Waals surface area (Å²) in [6, 6.07) is 7.81. The Bertz CT molecular complexity index is 634. The van der Waals surface area contributed by atoms with Crippen molar-refractivity contribution in [2.24, 2.45) is 0 Å². The Morgan fingerprint density at radius 1 is 1.35 bits per heavy atom. The molecular formula is C16H23N5O2. The van der Waals surface area contributed by atoms with Gasteiger partial charge in [-0.1, -0.05) is 17.3 Å². The molecule has 0 radical (unpaired) electrons. The number of nitrogens with zero attached hydrogens (tertiary/aromatic N) is 3. The number of hydrogen-bond acceptors (Lipinski definition) is 5. The van der Waals surface area contributed by atoms with E-state index < -0.39 is 11.7 Å². The highest BCUT2D eigenvalue weighted by atomic mass is 16.6. The number of rotatable bonds is 5. The van der Waals surface area contributed by atoms with Gasteiger partial charge in [-0.25, -0.2) is 9.48 Å². The lowest BCUT2D eigenvalue weighted by Crippen LogP contribution is -2.38. The summed E-state index contributed by atoms with van der Waals surface area (Å²) in [5.74, 6) is 0. The molecule has 1 heterocycles. The number of nitrogens with one attached hydrogen (secondary N) is 2. The van der Waals surface area contributed by atoms with Crippen LogP contribution in [0.15, 0.2) is 36.7 Å². The van der Waals surface area contributed by atoms with Gasteiger partial charge >= 0.3 is 6.09 Å². The summed E-state index contributed by atoms with van der Waals surface area (Å²) in [5.41, 5.74) is 1.31. The van der Waals surface area contributed by atoms with Crippen molar-refractivity contribution in [3.63, 3.8) is 0 Å². The van der Waals surface area contributed by atoms with Crippen LogP contribution in [-0.4, -0.2) is 39.3 Å². The minimum absolute atomic E-state index is 0.0205. The molecule has 0 saturated heterocycles. The van der Waals surface area contributed by atoms with E-state index in [-0.39, 0.29) is 6.04 Å². The fraction of sp³-hybridized carbons (Fsp3) is 0.438. The lowest BCUT2D eigenvalue weighted by molar-refractivity contribution is 0.0526. The van der Waals surface area contributed by atoms with E-state index in [1.165, 1.54) is 0 Å². The highest BCUT2D eigenvalue weighted by Crippen LogP contribution is 2.19. The van der Waals surface area contributed by atoms with E-state index in [2.05, 4.69) is 20.9 Å². The molecule has 1 unspecified atom stereocenters. The normalized spacial score (nSPS) is 12.5. The zero-order valence-corrected chi connectivity index (χ0v) is 13.9. The van der Waals surface area contributed by atoms with Gasteiger partial charge in [-0.05, 0) is 39.8 Å². The van der Waals surface area contributed by atoms with Crippen LogP contribution in [0.2, 0.25) is 0 Å². The fourth-order valence-corrected chi connectivity index (χ4v) is 2.00. The van der Waals surface area contributed by atoms with Gasteiger partial charge in [0.1, 0.15) is 5.60 Å². The van der Waals surface area contributed by atoms with Crippen LogP contribution < -0.4 is 10.6 Å². The first-order valence-electron chi connectivity index (χ1n) is 7.54. The molecule has 7 nitrogen and oxygen atoms in total. The largest absolute Gasteiger partial charge is 0.444 e. The molecule has 124 valence electrons. The predicted octanol–water partition coefficient (Wildman–Crippen LogP) is 2.59. The Balaban J connectivity index is 1.94. The van der Waals surface area contributed by atoms with Gasteiger partial charge in [0.25, 0.3) is 0 Å². The third kappa shape index (κ3) is 5.28. The van der Waals surface area contributed by atoms with Crippen molar-refractivity contribution in [2.45, 2.75) is 39.3 Å². The molecule has 2 aromatic rings. The van der Waals surface area contributed by atoms with Crippen LogP contribution in [0.25, 0.3) is 5.69 Å². The van der Waals surface area contributed by atoms with E-state index in [9.17, 15) is 4.79 Å². The molecule has 23 heavy (non-hydrogen) atoms. The van der Waals surface area contributed by atoms with Crippen LogP contribution in [0, 0.1) is 0 Å². The molecule has 0 spiro atoms. The van der Waals surface area contributed by atoms with Crippen LogP contribution in [-0.2, 0) is 4.74 Å². The van der Waals surface area contributed by atoms with Crippen molar-refractivity contribution in [1.29, 1.82) is 0 Å². The summed E-state index contributed by atoms with van der Waals surface area (Å²) in [6.07, 6.45) is 2.99. The number of alkyl carbamates (subject to hydrolysis) is 1. The Kier molecular flexibility index (Phi) is 5.20. The second-order valence-electron chi connectivity index (χ2n) is 6.29. The van der Waals surface area contributed by atoms with E-state index in [0.717, 1.165) is 11.4 Å². The van der Waals surface area contributed by atoms with Crippen molar-refractivity contribution in [3.05, 3.63) is 36.7 Å². The summed E-state index contributed by atoms with van der Waals surface area (Å²) in [5, 5.41) is 13.9. The highest BCUT2D eigenvalue weighted by Gasteiger charge is 2.16. The number of benzene rings is 1. The molecule has 1 atom stereocenters. The van der Waals surface area contributed by atoms with Gasteiger partial charge in [-0.2, -0.15) is 0 Å². The molecule has 0 bridgehead atoms. The Labute approximate surface area is 136 Å². The van der Waals surface area contributed by atoms with Gasteiger partial charge < -0.3 is 15.4 Å². The summed E-state index contributed by atoms with van der Waals surface area (Å²) in [4.78, 5) is 11.7. The van der Waals surface area contributed by atoms with Crippen LogP contribution in [0.1, 0.15) is 27.7 Å². The lowest BCUT2D eigenvalue weighted by Gasteiger charge is -2.22. The minimum Gasteiger partial charge on any atom is -0.444 e. The van der Waals surface area contributed by atoms with E-state index >= 15 is 0 Å². The maximum atomic E-state index is 11.7. The summed E-state index contributed by atoms with van der Waals surface area (Å²) < 4.78 is 6.91. The standard InChI is InChI=1S/C16H23N5O2/c1-12(11-17-15(22)23-16(2,3)4)19-13-7-5-6-8-14(13)21-10-9-18-20-21/h5-10,12,19H,11H2,1-4H3,(H,17,22). The smallest absolute Gasteiger partial charge is 0.407 e. The summed E-state index contributed by atoms with van der Waals surface area (Å²) in [6.45, 7) is 7.93. The summed E-state index contributed by atoms with van der Waals surface area (Å²) in [7, 11) is 0. The van der Waals surface area contributed by atoms with Gasteiger partial charge in [0.05, 0.1) is 23.8 Å². The van der Waals surface area contributed by atoms with E-state index in [4.69, 9.17) is 4.74 Å². The van der Waals surface area contributed by atoms with Gasteiger partial charge in [0.15, 0.2) is 0 Å².